The van der Waals surface area contributed by atoms with Crippen LogP contribution in [-0.2, 0) is 9.59 Å². The van der Waals surface area contributed by atoms with Crippen LogP contribution in [-0.4, -0.2) is 41.8 Å². The predicted octanol–water partition coefficient (Wildman–Crippen LogP) is 2.96. The molecule has 28 heavy (non-hydrogen) atoms. The minimum Gasteiger partial charge on any atom is -0.459 e. The van der Waals surface area contributed by atoms with Crippen molar-refractivity contribution in [1.29, 1.82) is 0 Å². The summed E-state index contributed by atoms with van der Waals surface area (Å²) in [7, 11) is 0. The van der Waals surface area contributed by atoms with Gasteiger partial charge in [0.05, 0.1) is 6.26 Å². The van der Waals surface area contributed by atoms with Crippen molar-refractivity contribution >= 4 is 29.1 Å². The number of carbonyl (C=O) groups excluding carboxylic acids is 3. The van der Waals surface area contributed by atoms with Crippen molar-refractivity contribution in [2.75, 3.05) is 23.3 Å². The lowest BCUT2D eigenvalue weighted by molar-refractivity contribution is -0.120. The van der Waals surface area contributed by atoms with E-state index < -0.39 is 6.04 Å². The van der Waals surface area contributed by atoms with Gasteiger partial charge in [-0.3, -0.25) is 14.4 Å². The van der Waals surface area contributed by atoms with E-state index in [2.05, 4.69) is 5.32 Å². The zero-order valence-corrected chi connectivity index (χ0v) is 15.8. The van der Waals surface area contributed by atoms with E-state index in [1.54, 1.807) is 28.0 Å². The highest BCUT2D eigenvalue weighted by Crippen LogP contribution is 2.28. The molecule has 0 radical (unpaired) electrons. The number of rotatable bonds is 4. The summed E-state index contributed by atoms with van der Waals surface area (Å²) in [6, 6.07) is 8.30. The van der Waals surface area contributed by atoms with Crippen LogP contribution in [0.25, 0.3) is 0 Å². The van der Waals surface area contributed by atoms with Gasteiger partial charge in [-0.2, -0.15) is 0 Å². The van der Waals surface area contributed by atoms with Gasteiger partial charge in [-0.05, 0) is 62.1 Å². The molecule has 0 aliphatic carbocycles. The molecule has 0 unspecified atom stereocenters. The highest BCUT2D eigenvalue weighted by Gasteiger charge is 2.35. The number of likely N-dealkylation sites (tertiary alicyclic amines) is 1. The Balaban J connectivity index is 1.46. The molecule has 1 N–H and O–H groups in total. The first-order valence-corrected chi connectivity index (χ1v) is 9.61. The number of hydrogen-bond acceptors (Lipinski definition) is 4. The Morgan fingerprint density at radius 2 is 2.04 bits per heavy atom. The zero-order chi connectivity index (χ0) is 19.7. The fourth-order valence-electron chi connectivity index (χ4n) is 3.99. The molecule has 0 spiro atoms. The number of hydrogen-bond donors (Lipinski definition) is 1. The SMILES string of the molecule is Cc1cc(NC(=O)[C@@H]2CCCN2C(=O)c2ccco2)ccc1N1CCCC1=O. The molecule has 3 heterocycles. The second-order valence-electron chi connectivity index (χ2n) is 7.27. The molecule has 1 aromatic heterocycles. The molecule has 2 aliphatic heterocycles. The van der Waals surface area contributed by atoms with Gasteiger partial charge >= 0.3 is 0 Å². The first-order chi connectivity index (χ1) is 13.5. The van der Waals surface area contributed by atoms with Gasteiger partial charge < -0.3 is 19.5 Å². The quantitative estimate of drug-likeness (QED) is 0.883. The molecule has 146 valence electrons. The van der Waals surface area contributed by atoms with Crippen LogP contribution in [0.4, 0.5) is 11.4 Å². The Morgan fingerprint density at radius 3 is 2.71 bits per heavy atom. The van der Waals surface area contributed by atoms with E-state index in [0.29, 0.717) is 25.1 Å². The van der Waals surface area contributed by atoms with Crippen LogP contribution in [0.15, 0.2) is 41.0 Å². The smallest absolute Gasteiger partial charge is 0.290 e. The minimum absolute atomic E-state index is 0.137. The Morgan fingerprint density at radius 1 is 1.18 bits per heavy atom. The van der Waals surface area contributed by atoms with Crippen LogP contribution >= 0.6 is 0 Å². The maximum atomic E-state index is 12.8. The average Bonchev–Trinajstić information content (AvgIpc) is 3.43. The molecule has 0 bridgehead atoms. The minimum atomic E-state index is -0.516. The average molecular weight is 381 g/mol. The van der Waals surface area contributed by atoms with Crippen LogP contribution in [0.1, 0.15) is 41.8 Å². The first-order valence-electron chi connectivity index (χ1n) is 9.61. The van der Waals surface area contributed by atoms with Gasteiger partial charge in [0.1, 0.15) is 6.04 Å². The summed E-state index contributed by atoms with van der Waals surface area (Å²) < 4.78 is 5.19. The molecule has 1 atom stereocenters. The van der Waals surface area contributed by atoms with Gasteiger partial charge in [0.25, 0.3) is 5.91 Å². The summed E-state index contributed by atoms with van der Waals surface area (Å²) in [6.07, 6.45) is 4.31. The fraction of sp³-hybridized carbons (Fsp3) is 0.381. The van der Waals surface area contributed by atoms with Crippen molar-refractivity contribution in [2.45, 2.75) is 38.6 Å². The van der Waals surface area contributed by atoms with Gasteiger partial charge in [-0.1, -0.05) is 0 Å². The van der Waals surface area contributed by atoms with Gasteiger partial charge in [-0.25, -0.2) is 0 Å². The molecule has 3 amide bonds. The van der Waals surface area contributed by atoms with Crippen LogP contribution < -0.4 is 10.2 Å². The molecule has 1 aromatic carbocycles. The third-order valence-electron chi connectivity index (χ3n) is 5.38. The summed E-state index contributed by atoms with van der Waals surface area (Å²) >= 11 is 0. The van der Waals surface area contributed by atoms with Gasteiger partial charge in [0, 0.05) is 30.9 Å². The predicted molar refractivity (Wildman–Crippen MR) is 104 cm³/mol. The molecule has 2 aromatic rings. The standard InChI is InChI=1S/C21H23N3O4/c1-14-13-15(8-9-16(14)23-10-3-7-19(23)25)22-20(26)17-5-2-11-24(17)21(27)18-6-4-12-28-18/h4,6,8-9,12-13,17H,2-3,5,7,10-11H2,1H3,(H,22,26)/t17-/m0/s1. The highest BCUT2D eigenvalue weighted by molar-refractivity contribution is 6.01. The second-order valence-corrected chi connectivity index (χ2v) is 7.27. The van der Waals surface area contributed by atoms with E-state index in [-0.39, 0.29) is 23.5 Å². The van der Waals surface area contributed by atoms with Crippen molar-refractivity contribution in [1.82, 2.24) is 4.90 Å². The molecule has 7 nitrogen and oxygen atoms in total. The van der Waals surface area contributed by atoms with E-state index in [9.17, 15) is 14.4 Å². The summed E-state index contributed by atoms with van der Waals surface area (Å²) in [6.45, 7) is 3.20. The summed E-state index contributed by atoms with van der Waals surface area (Å²) in [5, 5.41) is 2.92. The summed E-state index contributed by atoms with van der Waals surface area (Å²) in [5.74, 6) is -0.0865. The third-order valence-corrected chi connectivity index (χ3v) is 5.38. The summed E-state index contributed by atoms with van der Waals surface area (Å²) in [5.41, 5.74) is 2.48. The van der Waals surface area contributed by atoms with Crippen LogP contribution in [0.2, 0.25) is 0 Å². The lowest BCUT2D eigenvalue weighted by Gasteiger charge is -2.23. The second kappa shape index (κ2) is 7.50. The molecule has 2 aliphatic rings. The molecule has 2 fully saturated rings. The Labute approximate surface area is 163 Å². The van der Waals surface area contributed by atoms with Gasteiger partial charge in [-0.15, -0.1) is 0 Å². The van der Waals surface area contributed by atoms with Crippen molar-refractivity contribution in [3.63, 3.8) is 0 Å². The monoisotopic (exact) mass is 381 g/mol. The van der Waals surface area contributed by atoms with Gasteiger partial charge in [0.15, 0.2) is 5.76 Å². The number of nitrogens with one attached hydrogen (secondary N) is 1. The fourth-order valence-corrected chi connectivity index (χ4v) is 3.99. The van der Waals surface area contributed by atoms with Crippen LogP contribution in [0.5, 0.6) is 0 Å². The molecule has 2 saturated heterocycles. The molecular weight excluding hydrogens is 358 g/mol. The number of amides is 3. The zero-order valence-electron chi connectivity index (χ0n) is 15.8. The van der Waals surface area contributed by atoms with Crippen molar-refractivity contribution < 1.29 is 18.8 Å². The normalized spacial score (nSPS) is 19.3. The largest absolute Gasteiger partial charge is 0.459 e. The Hall–Kier alpha value is -3.09. The maximum absolute atomic E-state index is 12.8. The number of aryl methyl sites for hydroxylation is 1. The van der Waals surface area contributed by atoms with Crippen LogP contribution in [0.3, 0.4) is 0 Å². The lowest BCUT2D eigenvalue weighted by Crippen LogP contribution is -2.43. The molecular formula is C21H23N3O4. The molecule has 4 rings (SSSR count). The van der Waals surface area contributed by atoms with Crippen molar-refractivity contribution in [2.24, 2.45) is 0 Å². The Bertz CT molecular complexity index is 906. The highest BCUT2D eigenvalue weighted by atomic mass is 16.3. The third kappa shape index (κ3) is 3.40. The Kier molecular flexibility index (Phi) is 4.90. The van der Waals surface area contributed by atoms with E-state index in [0.717, 1.165) is 30.6 Å². The topological polar surface area (TPSA) is 82.9 Å². The number of nitrogens with zero attached hydrogens (tertiary/aromatic N) is 2. The number of benzene rings is 1. The van der Waals surface area contributed by atoms with E-state index in [1.807, 2.05) is 19.1 Å². The van der Waals surface area contributed by atoms with Gasteiger partial charge in [0.2, 0.25) is 11.8 Å². The lowest BCUT2D eigenvalue weighted by atomic mass is 10.1. The van der Waals surface area contributed by atoms with E-state index in [4.69, 9.17) is 4.42 Å². The van der Waals surface area contributed by atoms with E-state index in [1.165, 1.54) is 6.26 Å². The van der Waals surface area contributed by atoms with E-state index >= 15 is 0 Å². The first kappa shape index (κ1) is 18.3. The van der Waals surface area contributed by atoms with Crippen LogP contribution in [0, 0.1) is 6.92 Å². The molecule has 0 saturated carbocycles. The van der Waals surface area contributed by atoms with Crippen molar-refractivity contribution in [3.05, 3.63) is 47.9 Å². The van der Waals surface area contributed by atoms with Crippen molar-refractivity contribution in [3.8, 4) is 0 Å². The number of anilines is 2. The number of furan rings is 1. The maximum Gasteiger partial charge on any atom is 0.290 e. The molecule has 7 heteroatoms. The number of carbonyl (C=O) groups is 3. The summed E-state index contributed by atoms with van der Waals surface area (Å²) in [4.78, 5) is 40.7.